The quantitative estimate of drug-likeness (QED) is 0.188. The van der Waals surface area contributed by atoms with Crippen LogP contribution in [0.25, 0.3) is 0 Å². The van der Waals surface area contributed by atoms with E-state index in [0.717, 1.165) is 17.7 Å². The van der Waals surface area contributed by atoms with Crippen molar-refractivity contribution in [2.24, 2.45) is 4.99 Å². The highest BCUT2D eigenvalue weighted by molar-refractivity contribution is 14.0. The Hall–Kier alpha value is -1.59. The topological polar surface area (TPSA) is 92.9 Å². The first-order valence-corrected chi connectivity index (χ1v) is 11.2. The molecule has 0 aliphatic carbocycles. The molecule has 0 saturated carbocycles. The van der Waals surface area contributed by atoms with Crippen LogP contribution >= 0.6 is 24.0 Å². The third-order valence-electron chi connectivity index (χ3n) is 3.96. The summed E-state index contributed by atoms with van der Waals surface area (Å²) in [7, 11) is -1.42. The number of ether oxygens (including phenoxy) is 1. The van der Waals surface area contributed by atoms with E-state index in [4.69, 9.17) is 9.15 Å². The Kier molecular flexibility index (Phi) is 12.6. The van der Waals surface area contributed by atoms with Crippen molar-refractivity contribution in [3.63, 3.8) is 0 Å². The van der Waals surface area contributed by atoms with Crippen molar-refractivity contribution in [1.82, 2.24) is 10.6 Å². The molecule has 0 radical (unpaired) electrons. The minimum Gasteiger partial charge on any atom is -0.467 e. The van der Waals surface area contributed by atoms with Gasteiger partial charge in [0.15, 0.2) is 15.8 Å². The molecular formula is C20H30IN3O4S. The second-order valence-corrected chi connectivity index (χ2v) is 8.53. The first-order chi connectivity index (χ1) is 13.6. The number of nitrogens with zero attached hydrogens (tertiary/aromatic N) is 1. The number of aliphatic imine (C=N–C) groups is 1. The molecular weight excluding hydrogens is 505 g/mol. The summed E-state index contributed by atoms with van der Waals surface area (Å²) < 4.78 is 35.1. The number of rotatable bonds is 12. The van der Waals surface area contributed by atoms with Gasteiger partial charge in [0, 0.05) is 26.7 Å². The SMILES string of the molecule is CN=C(NCCCOCc1ccco1)NCCCS(=O)(=O)Cc1ccccc1.I. The molecule has 0 bridgehead atoms. The highest BCUT2D eigenvalue weighted by Crippen LogP contribution is 2.07. The monoisotopic (exact) mass is 535 g/mol. The molecule has 7 nitrogen and oxygen atoms in total. The molecule has 29 heavy (non-hydrogen) atoms. The first-order valence-electron chi connectivity index (χ1n) is 9.38. The van der Waals surface area contributed by atoms with Crippen LogP contribution in [0.15, 0.2) is 58.1 Å². The molecule has 0 aliphatic heterocycles. The smallest absolute Gasteiger partial charge is 0.190 e. The van der Waals surface area contributed by atoms with E-state index in [0.29, 0.717) is 38.7 Å². The molecule has 0 fully saturated rings. The number of furan rings is 1. The third kappa shape index (κ3) is 11.2. The van der Waals surface area contributed by atoms with Crippen molar-refractivity contribution in [2.45, 2.75) is 25.2 Å². The van der Waals surface area contributed by atoms with Crippen LogP contribution < -0.4 is 10.6 Å². The molecule has 0 saturated heterocycles. The van der Waals surface area contributed by atoms with Crippen LogP contribution in [0.5, 0.6) is 0 Å². The number of halogens is 1. The van der Waals surface area contributed by atoms with Gasteiger partial charge in [-0.1, -0.05) is 30.3 Å². The molecule has 1 aromatic carbocycles. The van der Waals surface area contributed by atoms with Crippen molar-refractivity contribution >= 4 is 39.8 Å². The Morgan fingerprint density at radius 3 is 2.45 bits per heavy atom. The predicted molar refractivity (Wildman–Crippen MR) is 126 cm³/mol. The van der Waals surface area contributed by atoms with E-state index in [1.54, 1.807) is 13.3 Å². The average Bonchev–Trinajstić information content (AvgIpc) is 3.20. The molecule has 2 rings (SSSR count). The normalized spacial score (nSPS) is 11.7. The Labute approximate surface area is 190 Å². The van der Waals surface area contributed by atoms with Gasteiger partial charge < -0.3 is 19.8 Å². The maximum absolute atomic E-state index is 12.2. The lowest BCUT2D eigenvalue weighted by Crippen LogP contribution is -2.38. The zero-order valence-electron chi connectivity index (χ0n) is 16.7. The lowest BCUT2D eigenvalue weighted by Gasteiger charge is -2.12. The lowest BCUT2D eigenvalue weighted by atomic mass is 10.2. The summed E-state index contributed by atoms with van der Waals surface area (Å²) in [4.78, 5) is 4.14. The Morgan fingerprint density at radius 1 is 1.07 bits per heavy atom. The van der Waals surface area contributed by atoms with Crippen LogP contribution in [0.2, 0.25) is 0 Å². The van der Waals surface area contributed by atoms with Crippen LogP contribution in [0.3, 0.4) is 0 Å². The molecule has 9 heteroatoms. The van der Waals surface area contributed by atoms with Gasteiger partial charge >= 0.3 is 0 Å². The van der Waals surface area contributed by atoms with Crippen LogP contribution in [0.1, 0.15) is 24.2 Å². The zero-order valence-corrected chi connectivity index (χ0v) is 19.8. The van der Waals surface area contributed by atoms with E-state index in [9.17, 15) is 8.42 Å². The minimum absolute atomic E-state index is 0. The minimum atomic E-state index is -3.11. The van der Waals surface area contributed by atoms with E-state index in [-0.39, 0.29) is 35.5 Å². The van der Waals surface area contributed by atoms with Gasteiger partial charge in [-0.05, 0) is 30.5 Å². The average molecular weight is 535 g/mol. The van der Waals surface area contributed by atoms with E-state index in [2.05, 4.69) is 15.6 Å². The van der Waals surface area contributed by atoms with Gasteiger partial charge in [0.1, 0.15) is 12.4 Å². The molecule has 0 amide bonds. The van der Waals surface area contributed by atoms with Gasteiger partial charge in [-0.3, -0.25) is 4.99 Å². The largest absolute Gasteiger partial charge is 0.467 e. The van der Waals surface area contributed by atoms with E-state index >= 15 is 0 Å². The number of guanidine groups is 1. The summed E-state index contributed by atoms with van der Waals surface area (Å²) in [5, 5.41) is 6.32. The lowest BCUT2D eigenvalue weighted by molar-refractivity contribution is 0.105. The molecule has 1 aromatic heterocycles. The number of benzene rings is 1. The van der Waals surface area contributed by atoms with Crippen molar-refractivity contribution in [2.75, 3.05) is 32.5 Å². The van der Waals surface area contributed by atoms with Crippen molar-refractivity contribution < 1.29 is 17.6 Å². The van der Waals surface area contributed by atoms with Crippen LogP contribution in [-0.4, -0.2) is 46.9 Å². The number of sulfone groups is 1. The molecule has 2 aromatic rings. The molecule has 2 N–H and O–H groups in total. The molecule has 0 atom stereocenters. The highest BCUT2D eigenvalue weighted by Gasteiger charge is 2.11. The van der Waals surface area contributed by atoms with Gasteiger partial charge in [-0.15, -0.1) is 24.0 Å². The van der Waals surface area contributed by atoms with Crippen LogP contribution in [0, 0.1) is 0 Å². The van der Waals surface area contributed by atoms with Crippen molar-refractivity contribution in [3.8, 4) is 0 Å². The fourth-order valence-electron chi connectivity index (χ4n) is 2.57. The van der Waals surface area contributed by atoms with Crippen molar-refractivity contribution in [3.05, 3.63) is 60.1 Å². The predicted octanol–water partition coefficient (Wildman–Crippen LogP) is 2.97. The van der Waals surface area contributed by atoms with Gasteiger partial charge in [-0.25, -0.2) is 8.42 Å². The van der Waals surface area contributed by atoms with E-state index in [1.165, 1.54) is 0 Å². The molecule has 0 unspecified atom stereocenters. The molecule has 162 valence electrons. The number of hydrogen-bond donors (Lipinski definition) is 2. The summed E-state index contributed by atoms with van der Waals surface area (Å²) in [5.74, 6) is 1.70. The second-order valence-electron chi connectivity index (χ2n) is 6.34. The summed E-state index contributed by atoms with van der Waals surface area (Å²) >= 11 is 0. The van der Waals surface area contributed by atoms with Crippen LogP contribution in [-0.2, 0) is 26.9 Å². The standard InChI is InChI=1S/C20H29N3O4S.HI/c1-21-20(22-11-6-13-26-16-19-10-5-14-27-19)23-12-7-15-28(24,25)17-18-8-3-2-4-9-18;/h2-5,8-10,14H,6-7,11-13,15-17H2,1H3,(H2,21,22,23);1H. The maximum Gasteiger partial charge on any atom is 0.190 e. The van der Waals surface area contributed by atoms with Gasteiger partial charge in [0.05, 0.1) is 17.8 Å². The first kappa shape index (κ1) is 25.4. The summed E-state index contributed by atoms with van der Waals surface area (Å²) in [6.07, 6.45) is 2.98. The Bertz CT molecular complexity index is 796. The molecule has 0 aliphatic rings. The van der Waals surface area contributed by atoms with Crippen molar-refractivity contribution in [1.29, 1.82) is 0 Å². The van der Waals surface area contributed by atoms with E-state index < -0.39 is 9.84 Å². The number of hydrogen-bond acceptors (Lipinski definition) is 5. The number of nitrogens with one attached hydrogen (secondary N) is 2. The zero-order chi connectivity index (χ0) is 20.1. The fourth-order valence-corrected chi connectivity index (χ4v) is 4.00. The van der Waals surface area contributed by atoms with Crippen LogP contribution in [0.4, 0.5) is 0 Å². The Morgan fingerprint density at radius 2 is 1.79 bits per heavy atom. The van der Waals surface area contributed by atoms with Gasteiger partial charge in [0.25, 0.3) is 0 Å². The fraction of sp³-hybridized carbons (Fsp3) is 0.450. The maximum atomic E-state index is 12.2. The third-order valence-corrected chi connectivity index (χ3v) is 5.64. The second kappa shape index (κ2) is 14.4. The molecule has 0 spiro atoms. The summed E-state index contributed by atoms with van der Waals surface area (Å²) in [6.45, 7) is 2.34. The summed E-state index contributed by atoms with van der Waals surface area (Å²) in [5.41, 5.74) is 0.821. The van der Waals surface area contributed by atoms with E-state index in [1.807, 2.05) is 42.5 Å². The van der Waals surface area contributed by atoms with Gasteiger partial charge in [-0.2, -0.15) is 0 Å². The summed E-state index contributed by atoms with van der Waals surface area (Å²) in [6, 6.07) is 13.0. The van der Waals surface area contributed by atoms with Gasteiger partial charge in [0.2, 0.25) is 0 Å². The highest BCUT2D eigenvalue weighted by atomic mass is 127. The Balaban J connectivity index is 0.00000420. The molecule has 1 heterocycles.